The van der Waals surface area contributed by atoms with Crippen molar-refractivity contribution in [2.75, 3.05) is 5.43 Å². The lowest BCUT2D eigenvalue weighted by molar-refractivity contribution is -0.119. The maximum absolute atomic E-state index is 12.7. The molecular formula is C18H23N3O2S. The van der Waals surface area contributed by atoms with Gasteiger partial charge in [0.1, 0.15) is 11.2 Å². The van der Waals surface area contributed by atoms with Crippen molar-refractivity contribution >= 4 is 27.5 Å². The number of nitrogens with one attached hydrogen (secondary N) is 1. The Morgan fingerprint density at radius 2 is 2.04 bits per heavy atom. The summed E-state index contributed by atoms with van der Waals surface area (Å²) in [5, 5.41) is 0.594. The average molecular weight is 345 g/mol. The summed E-state index contributed by atoms with van der Waals surface area (Å²) in [7, 11) is 0. The first-order valence-corrected chi connectivity index (χ1v) is 8.89. The summed E-state index contributed by atoms with van der Waals surface area (Å²) in [6.07, 6.45) is 3.55. The van der Waals surface area contributed by atoms with E-state index in [1.54, 1.807) is 0 Å². The van der Waals surface area contributed by atoms with Crippen LogP contribution in [-0.2, 0) is 4.79 Å². The Balaban J connectivity index is 1.90. The third kappa shape index (κ3) is 2.59. The van der Waals surface area contributed by atoms with Crippen molar-refractivity contribution in [3.8, 4) is 0 Å². The van der Waals surface area contributed by atoms with Gasteiger partial charge in [0.25, 0.3) is 5.56 Å². The van der Waals surface area contributed by atoms with E-state index in [0.717, 1.165) is 15.3 Å². The number of hydrogen-bond acceptors (Lipinski definition) is 4. The van der Waals surface area contributed by atoms with E-state index in [4.69, 9.17) is 0 Å². The highest BCUT2D eigenvalue weighted by Crippen LogP contribution is 2.59. The van der Waals surface area contributed by atoms with Gasteiger partial charge >= 0.3 is 0 Å². The summed E-state index contributed by atoms with van der Waals surface area (Å²) in [5.74, 6) is -0.0457. The molecule has 2 aromatic rings. The fraction of sp³-hybridized carbons (Fsp3) is 0.500. The Morgan fingerprint density at radius 1 is 1.38 bits per heavy atom. The minimum atomic E-state index is -0.215. The zero-order valence-electron chi connectivity index (χ0n) is 14.9. The molecule has 1 amide bonds. The molecule has 1 N–H and O–H groups in total. The molecule has 0 saturated heterocycles. The van der Waals surface area contributed by atoms with Gasteiger partial charge in [0, 0.05) is 4.88 Å². The van der Waals surface area contributed by atoms with E-state index in [2.05, 4.69) is 30.3 Å². The molecule has 0 unspecified atom stereocenters. The molecule has 5 nitrogen and oxygen atoms in total. The van der Waals surface area contributed by atoms with Crippen molar-refractivity contribution in [2.24, 2.45) is 17.3 Å². The highest BCUT2D eigenvalue weighted by Gasteiger charge is 2.60. The largest absolute Gasteiger partial charge is 0.281 e. The Morgan fingerprint density at radius 3 is 2.67 bits per heavy atom. The Kier molecular flexibility index (Phi) is 3.91. The third-order valence-electron chi connectivity index (χ3n) is 5.03. The van der Waals surface area contributed by atoms with Gasteiger partial charge in [0.2, 0.25) is 5.91 Å². The van der Waals surface area contributed by atoms with Crippen LogP contribution >= 0.6 is 11.3 Å². The van der Waals surface area contributed by atoms with Crippen LogP contribution in [0.5, 0.6) is 0 Å². The number of amides is 1. The average Bonchev–Trinajstić information content (AvgIpc) is 2.86. The molecule has 1 saturated carbocycles. The SMILES string of the molecule is CC(C)=C[C@H]1[C@@H](C(=O)Nn2cnc3sc(C)c(C)c3c2=O)C1(C)C. The lowest BCUT2D eigenvalue weighted by Gasteiger charge is -2.08. The Bertz CT molecular complexity index is 916. The molecule has 2 aromatic heterocycles. The number of nitrogens with zero attached hydrogens (tertiary/aromatic N) is 2. The number of aromatic nitrogens is 2. The summed E-state index contributed by atoms with van der Waals surface area (Å²) in [4.78, 5) is 31.4. The summed E-state index contributed by atoms with van der Waals surface area (Å²) >= 11 is 1.50. The Labute approximate surface area is 145 Å². The molecule has 0 aliphatic heterocycles. The molecule has 6 heteroatoms. The minimum Gasteiger partial charge on any atom is -0.273 e. The van der Waals surface area contributed by atoms with E-state index in [0.29, 0.717) is 5.39 Å². The number of allylic oxidation sites excluding steroid dienone is 2. The van der Waals surface area contributed by atoms with Crippen LogP contribution in [0.25, 0.3) is 10.2 Å². The van der Waals surface area contributed by atoms with E-state index in [-0.39, 0.29) is 28.7 Å². The summed E-state index contributed by atoms with van der Waals surface area (Å²) in [6, 6.07) is 0. The minimum absolute atomic E-state index is 0.0859. The quantitative estimate of drug-likeness (QED) is 0.867. The van der Waals surface area contributed by atoms with Gasteiger partial charge in [-0.3, -0.25) is 15.0 Å². The number of hydrogen-bond donors (Lipinski definition) is 1. The molecular weight excluding hydrogens is 322 g/mol. The van der Waals surface area contributed by atoms with Crippen molar-refractivity contribution in [2.45, 2.75) is 41.5 Å². The van der Waals surface area contributed by atoms with Crippen LogP contribution in [0.1, 0.15) is 38.1 Å². The number of rotatable bonds is 3. The number of carbonyl (C=O) groups excluding carboxylic acids is 1. The van der Waals surface area contributed by atoms with Crippen LogP contribution in [-0.4, -0.2) is 15.6 Å². The molecule has 0 aromatic carbocycles. The summed E-state index contributed by atoms with van der Waals surface area (Å²) in [5.41, 5.74) is 4.57. The van der Waals surface area contributed by atoms with E-state index in [9.17, 15) is 9.59 Å². The molecule has 2 atom stereocenters. The second kappa shape index (κ2) is 5.55. The van der Waals surface area contributed by atoms with Gasteiger partial charge in [-0.15, -0.1) is 11.3 Å². The van der Waals surface area contributed by atoms with Crippen molar-refractivity contribution in [3.05, 3.63) is 38.8 Å². The molecule has 0 spiro atoms. The summed E-state index contributed by atoms with van der Waals surface area (Å²) < 4.78 is 1.22. The fourth-order valence-corrected chi connectivity index (χ4v) is 4.34. The van der Waals surface area contributed by atoms with Crippen LogP contribution in [0, 0.1) is 31.1 Å². The Hall–Kier alpha value is -1.95. The fourth-order valence-electron chi connectivity index (χ4n) is 3.35. The monoisotopic (exact) mass is 345 g/mol. The van der Waals surface area contributed by atoms with Gasteiger partial charge in [0.15, 0.2) is 0 Å². The van der Waals surface area contributed by atoms with Crippen molar-refractivity contribution in [3.63, 3.8) is 0 Å². The molecule has 24 heavy (non-hydrogen) atoms. The predicted molar refractivity (Wildman–Crippen MR) is 97.9 cm³/mol. The van der Waals surface area contributed by atoms with Gasteiger partial charge in [-0.05, 0) is 44.6 Å². The third-order valence-corrected chi connectivity index (χ3v) is 6.14. The maximum atomic E-state index is 12.7. The maximum Gasteiger partial charge on any atom is 0.281 e. The van der Waals surface area contributed by atoms with Crippen LogP contribution in [0.15, 0.2) is 22.8 Å². The molecule has 3 rings (SSSR count). The van der Waals surface area contributed by atoms with Crippen LogP contribution < -0.4 is 11.0 Å². The second-order valence-electron chi connectivity index (χ2n) is 7.43. The first kappa shape index (κ1) is 16.9. The van der Waals surface area contributed by atoms with E-state index in [1.807, 2.05) is 27.7 Å². The number of carbonyl (C=O) groups is 1. The molecule has 0 bridgehead atoms. The topological polar surface area (TPSA) is 64.0 Å². The highest BCUT2D eigenvalue weighted by atomic mass is 32.1. The van der Waals surface area contributed by atoms with Crippen LogP contribution in [0.2, 0.25) is 0 Å². The summed E-state index contributed by atoms with van der Waals surface area (Å²) in [6.45, 7) is 12.1. The van der Waals surface area contributed by atoms with Crippen molar-refractivity contribution in [1.29, 1.82) is 0 Å². The molecule has 2 heterocycles. The van der Waals surface area contributed by atoms with Gasteiger partial charge in [-0.2, -0.15) is 0 Å². The van der Waals surface area contributed by atoms with Crippen molar-refractivity contribution < 1.29 is 4.79 Å². The van der Waals surface area contributed by atoms with Crippen LogP contribution in [0.3, 0.4) is 0 Å². The van der Waals surface area contributed by atoms with E-state index in [1.165, 1.54) is 27.9 Å². The predicted octanol–water partition coefficient (Wildman–Crippen LogP) is 3.38. The zero-order valence-corrected chi connectivity index (χ0v) is 15.7. The molecule has 1 aliphatic carbocycles. The zero-order chi connectivity index (χ0) is 17.8. The number of thiophene rings is 1. The molecule has 128 valence electrons. The van der Waals surface area contributed by atoms with Crippen molar-refractivity contribution in [1.82, 2.24) is 9.66 Å². The smallest absolute Gasteiger partial charge is 0.273 e. The van der Waals surface area contributed by atoms with Gasteiger partial charge in [-0.25, -0.2) is 9.66 Å². The van der Waals surface area contributed by atoms with Crippen LogP contribution in [0.4, 0.5) is 0 Å². The lowest BCUT2D eigenvalue weighted by atomic mass is 10.1. The lowest BCUT2D eigenvalue weighted by Crippen LogP contribution is -2.34. The van der Waals surface area contributed by atoms with Gasteiger partial charge < -0.3 is 0 Å². The molecule has 1 fully saturated rings. The van der Waals surface area contributed by atoms with E-state index < -0.39 is 0 Å². The van der Waals surface area contributed by atoms with Gasteiger partial charge in [-0.1, -0.05) is 25.5 Å². The number of fused-ring (bicyclic) bond motifs is 1. The standard InChI is InChI=1S/C18H23N3O2S/c1-9(2)7-12-14(18(12,5)6)15(22)20-21-8-19-16-13(17(21)23)10(3)11(4)24-16/h7-8,12,14H,1-6H3,(H,20,22)/t12-,14-/m0/s1. The molecule has 0 radical (unpaired) electrons. The first-order chi connectivity index (χ1) is 11.1. The normalized spacial score (nSPS) is 21.6. The molecule has 1 aliphatic rings. The van der Waals surface area contributed by atoms with Gasteiger partial charge in [0.05, 0.1) is 11.3 Å². The second-order valence-corrected chi connectivity index (χ2v) is 8.63. The highest BCUT2D eigenvalue weighted by molar-refractivity contribution is 7.18. The number of aryl methyl sites for hydroxylation is 2. The van der Waals surface area contributed by atoms with E-state index >= 15 is 0 Å². The first-order valence-electron chi connectivity index (χ1n) is 8.08.